The van der Waals surface area contributed by atoms with Crippen molar-refractivity contribution in [2.75, 3.05) is 0 Å². The molecular weight excluding hydrogens is 236 g/mol. The van der Waals surface area contributed by atoms with E-state index in [1.165, 1.54) is 0 Å². The molecule has 0 aromatic heterocycles. The van der Waals surface area contributed by atoms with Crippen molar-refractivity contribution >= 4 is 0 Å². The molecule has 0 bridgehead atoms. The van der Waals surface area contributed by atoms with E-state index in [0.717, 1.165) is 5.56 Å². The first-order chi connectivity index (χ1) is 8.59. The van der Waals surface area contributed by atoms with Gasteiger partial charge in [0.2, 0.25) is 0 Å². The topological polar surface area (TPSA) is 79.2 Å². The minimum atomic E-state index is -1.23. The summed E-state index contributed by atoms with van der Waals surface area (Å²) < 4.78 is 10.5. The lowest BCUT2D eigenvalue weighted by molar-refractivity contribution is -0.290. The first kappa shape index (κ1) is 13.5. The van der Waals surface area contributed by atoms with Crippen molar-refractivity contribution in [2.45, 2.75) is 44.2 Å². The Bertz CT molecular complexity index is 369. The first-order valence-corrected chi connectivity index (χ1v) is 5.95. The van der Waals surface area contributed by atoms with Crippen LogP contribution in [0.2, 0.25) is 0 Å². The zero-order chi connectivity index (χ0) is 13.1. The smallest absolute Gasteiger partial charge is 0.184 e. The highest BCUT2D eigenvalue weighted by Gasteiger charge is 2.42. The Hall–Kier alpha value is -0.980. The molecule has 1 aromatic carbocycles. The van der Waals surface area contributed by atoms with E-state index in [1.807, 2.05) is 30.3 Å². The van der Waals surface area contributed by atoms with E-state index in [0.29, 0.717) is 0 Å². The molecule has 100 valence electrons. The second-order valence-electron chi connectivity index (χ2n) is 4.47. The van der Waals surface area contributed by atoms with Gasteiger partial charge in [-0.15, -0.1) is 0 Å². The van der Waals surface area contributed by atoms with Crippen LogP contribution in [0, 0.1) is 0 Å². The van der Waals surface area contributed by atoms with Gasteiger partial charge in [-0.1, -0.05) is 30.3 Å². The summed E-state index contributed by atoms with van der Waals surface area (Å²) in [6.45, 7) is 1.83. The molecule has 1 aliphatic rings. The van der Waals surface area contributed by atoms with E-state index >= 15 is 0 Å². The Labute approximate surface area is 106 Å². The van der Waals surface area contributed by atoms with Crippen molar-refractivity contribution in [2.24, 2.45) is 0 Å². The number of hydrogen-bond donors (Lipinski definition) is 3. The Balaban J connectivity index is 1.96. The predicted molar refractivity (Wildman–Crippen MR) is 63.6 cm³/mol. The van der Waals surface area contributed by atoms with Crippen molar-refractivity contribution < 1.29 is 24.8 Å². The third kappa shape index (κ3) is 2.88. The maximum Gasteiger partial charge on any atom is 0.184 e. The van der Waals surface area contributed by atoms with Crippen LogP contribution in [0.5, 0.6) is 0 Å². The lowest BCUT2D eigenvalue weighted by Crippen LogP contribution is -2.57. The highest BCUT2D eigenvalue weighted by Crippen LogP contribution is 2.22. The summed E-state index contributed by atoms with van der Waals surface area (Å²) in [6.07, 6.45) is -5.02. The molecule has 3 N–H and O–H groups in total. The van der Waals surface area contributed by atoms with E-state index in [2.05, 4.69) is 0 Å². The van der Waals surface area contributed by atoms with Gasteiger partial charge in [-0.3, -0.25) is 0 Å². The number of aliphatic hydroxyl groups is 3. The maximum atomic E-state index is 9.84. The summed E-state index contributed by atoms with van der Waals surface area (Å²) in [5, 5.41) is 29.2. The minimum absolute atomic E-state index is 0.240. The van der Waals surface area contributed by atoms with E-state index in [9.17, 15) is 15.3 Å². The SMILES string of the molecule is C[C@@H]1OC(O)[C@@H](OCc2ccccc2)[C@H](O)[C@@H]1O. The second kappa shape index (κ2) is 5.77. The summed E-state index contributed by atoms with van der Waals surface area (Å²) >= 11 is 0. The highest BCUT2D eigenvalue weighted by molar-refractivity contribution is 5.13. The fourth-order valence-corrected chi connectivity index (χ4v) is 1.97. The molecule has 5 heteroatoms. The number of benzene rings is 1. The molecule has 5 nitrogen and oxygen atoms in total. The highest BCUT2D eigenvalue weighted by atomic mass is 16.7. The van der Waals surface area contributed by atoms with Crippen LogP contribution in [0.15, 0.2) is 30.3 Å². The molecule has 0 saturated carbocycles. The fraction of sp³-hybridized carbons (Fsp3) is 0.538. The molecule has 0 aliphatic carbocycles. The molecule has 1 heterocycles. The molecule has 2 rings (SSSR count). The third-order valence-electron chi connectivity index (χ3n) is 3.09. The van der Waals surface area contributed by atoms with Crippen LogP contribution >= 0.6 is 0 Å². The average molecular weight is 254 g/mol. The number of aliphatic hydroxyl groups excluding tert-OH is 3. The molecule has 1 aliphatic heterocycles. The molecule has 1 fully saturated rings. The lowest BCUT2D eigenvalue weighted by atomic mass is 10.00. The first-order valence-electron chi connectivity index (χ1n) is 5.95. The largest absolute Gasteiger partial charge is 0.388 e. The van der Waals surface area contributed by atoms with E-state index in [-0.39, 0.29) is 6.61 Å². The summed E-state index contributed by atoms with van der Waals surface area (Å²) in [4.78, 5) is 0. The normalized spacial score (nSPS) is 36.6. The van der Waals surface area contributed by atoms with Gasteiger partial charge in [0.05, 0.1) is 12.7 Å². The second-order valence-corrected chi connectivity index (χ2v) is 4.47. The van der Waals surface area contributed by atoms with Crippen LogP contribution in [-0.2, 0) is 16.1 Å². The molecule has 5 atom stereocenters. The van der Waals surface area contributed by atoms with Crippen molar-refractivity contribution in [3.63, 3.8) is 0 Å². The van der Waals surface area contributed by atoms with Crippen LogP contribution in [0.25, 0.3) is 0 Å². The Morgan fingerprint density at radius 3 is 2.44 bits per heavy atom. The molecule has 0 radical (unpaired) electrons. The van der Waals surface area contributed by atoms with E-state index < -0.39 is 30.7 Å². The fourth-order valence-electron chi connectivity index (χ4n) is 1.97. The quantitative estimate of drug-likeness (QED) is 0.709. The van der Waals surface area contributed by atoms with Crippen LogP contribution in [0.3, 0.4) is 0 Å². The summed E-state index contributed by atoms with van der Waals surface area (Å²) in [6, 6.07) is 9.39. The van der Waals surface area contributed by atoms with Crippen molar-refractivity contribution in [3.8, 4) is 0 Å². The summed E-state index contributed by atoms with van der Waals surface area (Å²) in [5.41, 5.74) is 0.921. The molecular formula is C13H18O5. The number of rotatable bonds is 3. The van der Waals surface area contributed by atoms with Gasteiger partial charge >= 0.3 is 0 Å². The van der Waals surface area contributed by atoms with Gasteiger partial charge in [0.15, 0.2) is 6.29 Å². The lowest BCUT2D eigenvalue weighted by Gasteiger charge is -2.39. The summed E-state index contributed by atoms with van der Waals surface area (Å²) in [5.74, 6) is 0. The minimum Gasteiger partial charge on any atom is -0.388 e. The van der Waals surface area contributed by atoms with Crippen LogP contribution in [0.1, 0.15) is 12.5 Å². The maximum absolute atomic E-state index is 9.84. The van der Waals surface area contributed by atoms with E-state index in [1.54, 1.807) is 6.92 Å². The zero-order valence-corrected chi connectivity index (χ0v) is 10.1. The van der Waals surface area contributed by atoms with Crippen LogP contribution in [0.4, 0.5) is 0 Å². The molecule has 0 spiro atoms. The van der Waals surface area contributed by atoms with Gasteiger partial charge in [0.25, 0.3) is 0 Å². The van der Waals surface area contributed by atoms with Gasteiger partial charge in [-0.25, -0.2) is 0 Å². The van der Waals surface area contributed by atoms with Gasteiger partial charge in [-0.05, 0) is 12.5 Å². The Morgan fingerprint density at radius 1 is 1.11 bits per heavy atom. The summed E-state index contributed by atoms with van der Waals surface area (Å²) in [7, 11) is 0. The molecule has 1 unspecified atom stereocenters. The van der Waals surface area contributed by atoms with Crippen LogP contribution in [-0.4, -0.2) is 46.0 Å². The standard InChI is InChI=1S/C13H18O5/c1-8-10(14)11(15)12(13(16)18-8)17-7-9-5-3-2-4-6-9/h2-6,8,10-16H,7H2,1H3/t8-,10+,11+,12-,13?/m0/s1. The zero-order valence-electron chi connectivity index (χ0n) is 10.1. The van der Waals surface area contributed by atoms with Crippen LogP contribution < -0.4 is 0 Å². The van der Waals surface area contributed by atoms with Gasteiger partial charge in [-0.2, -0.15) is 0 Å². The number of hydrogen-bond acceptors (Lipinski definition) is 5. The Kier molecular flexibility index (Phi) is 4.31. The Morgan fingerprint density at radius 2 is 1.78 bits per heavy atom. The van der Waals surface area contributed by atoms with Crippen molar-refractivity contribution in [1.29, 1.82) is 0 Å². The molecule has 18 heavy (non-hydrogen) atoms. The van der Waals surface area contributed by atoms with Crippen molar-refractivity contribution in [1.82, 2.24) is 0 Å². The van der Waals surface area contributed by atoms with Gasteiger partial charge < -0.3 is 24.8 Å². The monoisotopic (exact) mass is 254 g/mol. The van der Waals surface area contributed by atoms with Gasteiger partial charge in [0.1, 0.15) is 18.3 Å². The number of ether oxygens (including phenoxy) is 2. The third-order valence-corrected chi connectivity index (χ3v) is 3.09. The average Bonchev–Trinajstić information content (AvgIpc) is 2.37. The van der Waals surface area contributed by atoms with Gasteiger partial charge in [0, 0.05) is 0 Å². The van der Waals surface area contributed by atoms with Crippen molar-refractivity contribution in [3.05, 3.63) is 35.9 Å². The van der Waals surface area contributed by atoms with E-state index in [4.69, 9.17) is 9.47 Å². The predicted octanol–water partition coefficient (Wildman–Crippen LogP) is 0.0307. The molecule has 0 amide bonds. The molecule has 1 saturated heterocycles. The molecule has 1 aromatic rings.